The predicted octanol–water partition coefficient (Wildman–Crippen LogP) is 3.46. The fraction of sp³-hybridized carbons (Fsp3) is 0.348. The Hall–Kier alpha value is -2.47. The topological polar surface area (TPSA) is 78.5 Å². The first-order valence-electron chi connectivity index (χ1n) is 9.77. The van der Waals surface area contributed by atoms with Crippen molar-refractivity contribution in [3.05, 3.63) is 71.4 Å². The molecule has 0 bridgehead atoms. The lowest BCUT2D eigenvalue weighted by molar-refractivity contribution is -0.0393. The highest BCUT2D eigenvalue weighted by molar-refractivity contribution is 5.63. The van der Waals surface area contributed by atoms with E-state index < -0.39 is 5.60 Å². The van der Waals surface area contributed by atoms with Crippen molar-refractivity contribution >= 4 is 0 Å². The maximum atomic E-state index is 11.2. The summed E-state index contributed by atoms with van der Waals surface area (Å²) in [5, 5.41) is 35.1. The van der Waals surface area contributed by atoms with Crippen molar-refractivity contribution in [2.24, 2.45) is 0 Å². The van der Waals surface area contributed by atoms with Gasteiger partial charge in [0.2, 0.25) is 0 Å². The Morgan fingerprint density at radius 1 is 1.04 bits per heavy atom. The minimum atomic E-state index is -1.02. The molecule has 0 spiro atoms. The van der Waals surface area contributed by atoms with E-state index >= 15 is 0 Å². The molecule has 5 nitrogen and oxygen atoms in total. The highest BCUT2D eigenvalue weighted by Gasteiger charge is 2.37. The fourth-order valence-corrected chi connectivity index (χ4v) is 3.81. The van der Waals surface area contributed by atoms with Gasteiger partial charge in [-0.05, 0) is 56.4 Å². The largest absolute Gasteiger partial charge is 0.393 e. The zero-order chi connectivity index (χ0) is 19.7. The van der Waals surface area contributed by atoms with Crippen LogP contribution in [0.4, 0.5) is 0 Å². The highest BCUT2D eigenvalue weighted by atomic mass is 16.3. The van der Waals surface area contributed by atoms with Gasteiger partial charge in [-0.15, -0.1) is 0 Å². The predicted molar refractivity (Wildman–Crippen MR) is 108 cm³/mol. The molecule has 0 atom stereocenters. The molecule has 0 saturated heterocycles. The molecule has 1 aromatic heterocycles. The molecule has 0 aliphatic heterocycles. The number of aliphatic hydroxyl groups excluding tert-OH is 2. The summed E-state index contributed by atoms with van der Waals surface area (Å²) < 4.78 is 1.87. The first-order chi connectivity index (χ1) is 13.5. The third kappa shape index (κ3) is 3.61. The van der Waals surface area contributed by atoms with E-state index in [0.29, 0.717) is 31.4 Å². The molecule has 1 heterocycles. The van der Waals surface area contributed by atoms with E-state index in [9.17, 15) is 15.3 Å². The second-order valence-electron chi connectivity index (χ2n) is 7.78. The van der Waals surface area contributed by atoms with Gasteiger partial charge in [0, 0.05) is 5.56 Å². The summed E-state index contributed by atoms with van der Waals surface area (Å²) >= 11 is 0. The molecular weight excluding hydrogens is 352 g/mol. The average Bonchev–Trinajstić information content (AvgIpc) is 3.17. The first kappa shape index (κ1) is 18.9. The van der Waals surface area contributed by atoms with Crippen LogP contribution < -0.4 is 0 Å². The van der Waals surface area contributed by atoms with Gasteiger partial charge in [-0.2, -0.15) is 5.10 Å². The van der Waals surface area contributed by atoms with Crippen LogP contribution in [0.1, 0.15) is 42.5 Å². The third-order valence-corrected chi connectivity index (χ3v) is 5.68. The summed E-state index contributed by atoms with van der Waals surface area (Å²) in [5.74, 6) is 0. The van der Waals surface area contributed by atoms with Crippen molar-refractivity contribution in [2.45, 2.75) is 50.9 Å². The van der Waals surface area contributed by atoms with Crippen LogP contribution in [0.25, 0.3) is 16.9 Å². The van der Waals surface area contributed by atoms with Crippen LogP contribution in [0.3, 0.4) is 0 Å². The summed E-state index contributed by atoms with van der Waals surface area (Å²) in [6.45, 7) is 2.05. The standard InChI is InChI=1S/C23H26N2O3/c1-16-2-8-19(9-3-16)25-21(18-6-4-17(15-26)5-7-18)14-22(24-25)23(28)12-10-20(27)11-13-23/h2-9,14,20,26-28H,10-13,15H2,1H3. The maximum absolute atomic E-state index is 11.2. The SMILES string of the molecule is Cc1ccc(-n2nc(C3(O)CCC(O)CC3)cc2-c2ccc(CO)cc2)cc1. The minimum Gasteiger partial charge on any atom is -0.393 e. The normalized spacial score (nSPS) is 22.4. The molecule has 3 aromatic rings. The third-order valence-electron chi connectivity index (χ3n) is 5.68. The summed E-state index contributed by atoms with van der Waals surface area (Å²) in [4.78, 5) is 0. The number of hydrogen-bond donors (Lipinski definition) is 3. The van der Waals surface area contributed by atoms with Crippen molar-refractivity contribution in [3.63, 3.8) is 0 Å². The quantitative estimate of drug-likeness (QED) is 0.650. The van der Waals surface area contributed by atoms with Crippen LogP contribution in [-0.2, 0) is 12.2 Å². The van der Waals surface area contributed by atoms with Crippen LogP contribution in [0.15, 0.2) is 54.6 Å². The van der Waals surface area contributed by atoms with Gasteiger partial charge >= 0.3 is 0 Å². The number of aromatic nitrogens is 2. The average molecular weight is 378 g/mol. The van der Waals surface area contributed by atoms with Gasteiger partial charge in [-0.25, -0.2) is 4.68 Å². The summed E-state index contributed by atoms with van der Waals surface area (Å²) in [7, 11) is 0. The molecule has 1 aliphatic rings. The van der Waals surface area contributed by atoms with Crippen LogP contribution in [0.2, 0.25) is 0 Å². The Labute approximate surface area is 164 Å². The van der Waals surface area contributed by atoms with Gasteiger partial charge in [-0.3, -0.25) is 0 Å². The molecule has 4 rings (SSSR count). The molecule has 0 radical (unpaired) electrons. The van der Waals surface area contributed by atoms with E-state index in [0.717, 1.165) is 22.5 Å². The second kappa shape index (κ2) is 7.51. The monoisotopic (exact) mass is 378 g/mol. The zero-order valence-electron chi connectivity index (χ0n) is 16.0. The number of hydrogen-bond acceptors (Lipinski definition) is 4. The minimum absolute atomic E-state index is 0.00479. The molecule has 3 N–H and O–H groups in total. The molecule has 0 amide bonds. The summed E-state index contributed by atoms with van der Waals surface area (Å²) in [6.07, 6.45) is 1.82. The molecule has 2 aromatic carbocycles. The Bertz CT molecular complexity index is 937. The van der Waals surface area contributed by atoms with Gasteiger partial charge in [0.25, 0.3) is 0 Å². The Morgan fingerprint density at radius 2 is 1.68 bits per heavy atom. The van der Waals surface area contributed by atoms with E-state index in [1.165, 1.54) is 5.56 Å². The van der Waals surface area contributed by atoms with E-state index in [2.05, 4.69) is 0 Å². The Kier molecular flexibility index (Phi) is 5.06. The summed E-state index contributed by atoms with van der Waals surface area (Å²) in [6, 6.07) is 17.8. The molecule has 146 valence electrons. The van der Waals surface area contributed by atoms with E-state index in [-0.39, 0.29) is 12.7 Å². The number of nitrogens with zero attached hydrogens (tertiary/aromatic N) is 2. The van der Waals surface area contributed by atoms with E-state index in [1.54, 1.807) is 0 Å². The molecule has 5 heteroatoms. The van der Waals surface area contributed by atoms with Crippen molar-refractivity contribution in [1.82, 2.24) is 9.78 Å². The summed E-state index contributed by atoms with van der Waals surface area (Å²) in [5.41, 5.74) is 4.43. The second-order valence-corrected chi connectivity index (χ2v) is 7.78. The van der Waals surface area contributed by atoms with Crippen LogP contribution >= 0.6 is 0 Å². The number of benzene rings is 2. The van der Waals surface area contributed by atoms with Gasteiger partial charge in [0.15, 0.2) is 0 Å². The first-order valence-corrected chi connectivity index (χ1v) is 9.77. The number of aliphatic hydroxyl groups is 3. The molecule has 1 aliphatic carbocycles. The Balaban J connectivity index is 1.80. The Morgan fingerprint density at radius 3 is 2.29 bits per heavy atom. The molecule has 1 saturated carbocycles. The maximum Gasteiger partial charge on any atom is 0.109 e. The van der Waals surface area contributed by atoms with Crippen LogP contribution in [0, 0.1) is 6.92 Å². The zero-order valence-corrected chi connectivity index (χ0v) is 16.0. The fourth-order valence-electron chi connectivity index (χ4n) is 3.81. The number of aryl methyl sites for hydroxylation is 1. The van der Waals surface area contributed by atoms with Gasteiger partial charge in [0.05, 0.1) is 29.8 Å². The highest BCUT2D eigenvalue weighted by Crippen LogP contribution is 2.38. The molecule has 0 unspecified atom stereocenters. The lowest BCUT2D eigenvalue weighted by atomic mass is 9.81. The van der Waals surface area contributed by atoms with Crippen molar-refractivity contribution in [2.75, 3.05) is 0 Å². The molecule has 28 heavy (non-hydrogen) atoms. The lowest BCUT2D eigenvalue weighted by Crippen LogP contribution is -2.33. The van der Waals surface area contributed by atoms with Gasteiger partial charge < -0.3 is 15.3 Å². The molecule has 1 fully saturated rings. The van der Waals surface area contributed by atoms with Gasteiger partial charge in [0.1, 0.15) is 5.60 Å². The van der Waals surface area contributed by atoms with E-state index in [4.69, 9.17) is 5.10 Å². The smallest absolute Gasteiger partial charge is 0.109 e. The lowest BCUT2D eigenvalue weighted by Gasteiger charge is -2.32. The molecular formula is C23H26N2O3. The van der Waals surface area contributed by atoms with Crippen molar-refractivity contribution in [3.8, 4) is 16.9 Å². The van der Waals surface area contributed by atoms with Crippen LogP contribution in [0.5, 0.6) is 0 Å². The van der Waals surface area contributed by atoms with Crippen molar-refractivity contribution in [1.29, 1.82) is 0 Å². The number of rotatable bonds is 4. The van der Waals surface area contributed by atoms with Crippen LogP contribution in [-0.4, -0.2) is 31.2 Å². The van der Waals surface area contributed by atoms with E-state index in [1.807, 2.05) is 66.2 Å². The van der Waals surface area contributed by atoms with Crippen molar-refractivity contribution < 1.29 is 15.3 Å². The van der Waals surface area contributed by atoms with Gasteiger partial charge in [-0.1, -0.05) is 42.0 Å².